The van der Waals surface area contributed by atoms with Gasteiger partial charge in [-0.1, -0.05) is 62.4 Å². The van der Waals surface area contributed by atoms with Crippen LogP contribution in [0.5, 0.6) is 5.75 Å². The third-order valence-electron chi connectivity index (χ3n) is 4.60. The first-order valence-corrected chi connectivity index (χ1v) is 10.2. The van der Waals surface area contributed by atoms with Crippen LogP contribution in [0.15, 0.2) is 54.6 Å². The minimum Gasteiger partial charge on any atom is -0.497 e. The van der Waals surface area contributed by atoms with Gasteiger partial charge in [-0.3, -0.25) is 0 Å². The second-order valence-electron chi connectivity index (χ2n) is 6.88. The van der Waals surface area contributed by atoms with Crippen LogP contribution in [0.4, 0.5) is 0 Å². The molecule has 2 rings (SSSR count). The minimum absolute atomic E-state index is 0.227. The van der Waals surface area contributed by atoms with Gasteiger partial charge in [-0.2, -0.15) is 0 Å². The molecule has 152 valence electrons. The summed E-state index contributed by atoms with van der Waals surface area (Å²) in [4.78, 5) is 11.8. The Hall–Kier alpha value is -2.33. The van der Waals surface area contributed by atoms with Crippen molar-refractivity contribution in [1.29, 1.82) is 0 Å². The highest BCUT2D eigenvalue weighted by molar-refractivity contribution is 5.89. The maximum Gasteiger partial charge on any atom is 0.338 e. The predicted octanol–water partition coefficient (Wildman–Crippen LogP) is 5.80. The van der Waals surface area contributed by atoms with Gasteiger partial charge in [-0.05, 0) is 42.7 Å². The molecule has 0 spiro atoms. The molecule has 0 bridgehead atoms. The molecular formula is C24H32O4. The van der Waals surface area contributed by atoms with Crippen LogP contribution in [-0.4, -0.2) is 26.3 Å². The van der Waals surface area contributed by atoms with Crippen molar-refractivity contribution in [3.05, 3.63) is 65.7 Å². The molecule has 0 heterocycles. The third-order valence-corrected chi connectivity index (χ3v) is 4.60. The molecule has 28 heavy (non-hydrogen) atoms. The van der Waals surface area contributed by atoms with Crippen molar-refractivity contribution in [1.82, 2.24) is 0 Å². The smallest absolute Gasteiger partial charge is 0.338 e. The molecule has 0 N–H and O–H groups in total. The lowest BCUT2D eigenvalue weighted by Crippen LogP contribution is -2.06. The van der Waals surface area contributed by atoms with Crippen molar-refractivity contribution < 1.29 is 19.0 Å². The summed E-state index contributed by atoms with van der Waals surface area (Å²) in [6.45, 7) is 1.97. The van der Waals surface area contributed by atoms with Gasteiger partial charge < -0.3 is 14.2 Å². The number of rotatable bonds is 14. The Kier molecular flexibility index (Phi) is 10.8. The van der Waals surface area contributed by atoms with Crippen LogP contribution < -0.4 is 4.74 Å². The number of benzene rings is 2. The van der Waals surface area contributed by atoms with E-state index in [1.807, 2.05) is 42.5 Å². The molecule has 0 radical (unpaired) electrons. The standard InChI is InChI=1S/C24H32O4/c1-26-23-16-14-21(15-17-23)20-27-18-10-5-3-2-4-6-11-19-28-24(25)22-12-8-7-9-13-22/h7-9,12-17H,2-6,10-11,18-20H2,1H3. The van der Waals surface area contributed by atoms with Crippen molar-refractivity contribution >= 4 is 5.97 Å². The van der Waals surface area contributed by atoms with Crippen LogP contribution in [0, 0.1) is 0 Å². The zero-order valence-electron chi connectivity index (χ0n) is 16.9. The van der Waals surface area contributed by atoms with Gasteiger partial charge in [-0.25, -0.2) is 4.79 Å². The van der Waals surface area contributed by atoms with Gasteiger partial charge in [0.1, 0.15) is 5.75 Å². The summed E-state index contributed by atoms with van der Waals surface area (Å²) in [7, 11) is 1.67. The maximum atomic E-state index is 11.8. The van der Waals surface area contributed by atoms with Gasteiger partial charge in [0.25, 0.3) is 0 Å². The van der Waals surface area contributed by atoms with Crippen LogP contribution in [-0.2, 0) is 16.1 Å². The van der Waals surface area contributed by atoms with Gasteiger partial charge in [0.15, 0.2) is 0 Å². The Morgan fingerprint density at radius 1 is 0.750 bits per heavy atom. The Morgan fingerprint density at radius 2 is 1.36 bits per heavy atom. The number of unbranched alkanes of at least 4 members (excludes halogenated alkanes) is 6. The topological polar surface area (TPSA) is 44.8 Å². The first-order valence-electron chi connectivity index (χ1n) is 10.2. The van der Waals surface area contributed by atoms with Crippen molar-refractivity contribution in [2.24, 2.45) is 0 Å². The van der Waals surface area contributed by atoms with E-state index in [-0.39, 0.29) is 5.97 Å². The van der Waals surface area contributed by atoms with Crippen LogP contribution in [0.2, 0.25) is 0 Å². The largest absolute Gasteiger partial charge is 0.497 e. The zero-order valence-corrected chi connectivity index (χ0v) is 16.9. The van der Waals surface area contributed by atoms with E-state index in [0.717, 1.165) is 31.6 Å². The number of hydrogen-bond acceptors (Lipinski definition) is 4. The summed E-state index contributed by atoms with van der Waals surface area (Å²) in [5, 5.41) is 0. The second kappa shape index (κ2) is 13.8. The zero-order chi connectivity index (χ0) is 19.9. The monoisotopic (exact) mass is 384 g/mol. The number of carbonyl (C=O) groups excluding carboxylic acids is 1. The molecule has 4 nitrogen and oxygen atoms in total. The van der Waals surface area contributed by atoms with E-state index >= 15 is 0 Å². The molecule has 0 aromatic heterocycles. The van der Waals surface area contributed by atoms with Gasteiger partial charge >= 0.3 is 5.97 Å². The van der Waals surface area contributed by atoms with E-state index in [0.29, 0.717) is 18.8 Å². The Bertz CT molecular complexity index is 652. The van der Waals surface area contributed by atoms with E-state index in [2.05, 4.69) is 0 Å². The third kappa shape index (κ3) is 9.05. The highest BCUT2D eigenvalue weighted by Gasteiger charge is 2.04. The van der Waals surface area contributed by atoms with Crippen LogP contribution in [0.25, 0.3) is 0 Å². The van der Waals surface area contributed by atoms with Crippen LogP contribution in [0.3, 0.4) is 0 Å². The van der Waals surface area contributed by atoms with Crippen molar-refractivity contribution in [3.8, 4) is 5.75 Å². The van der Waals surface area contributed by atoms with Gasteiger partial charge in [0.2, 0.25) is 0 Å². The molecule has 0 atom stereocenters. The van der Waals surface area contributed by atoms with Crippen molar-refractivity contribution in [3.63, 3.8) is 0 Å². The fraction of sp³-hybridized carbons (Fsp3) is 0.458. The SMILES string of the molecule is COc1ccc(COCCCCCCCCCOC(=O)c2ccccc2)cc1. The summed E-state index contributed by atoms with van der Waals surface area (Å²) >= 11 is 0. The van der Waals surface area contributed by atoms with E-state index < -0.39 is 0 Å². The number of ether oxygens (including phenoxy) is 3. The second-order valence-corrected chi connectivity index (χ2v) is 6.88. The summed E-state index contributed by atoms with van der Waals surface area (Å²) in [5.74, 6) is 0.647. The Balaban J connectivity index is 1.36. The summed E-state index contributed by atoms with van der Waals surface area (Å²) in [5.41, 5.74) is 1.80. The van der Waals surface area contributed by atoms with E-state index in [1.54, 1.807) is 19.2 Å². The maximum absolute atomic E-state index is 11.8. The minimum atomic E-state index is -0.227. The molecular weight excluding hydrogens is 352 g/mol. The highest BCUT2D eigenvalue weighted by atomic mass is 16.5. The van der Waals surface area contributed by atoms with Crippen molar-refractivity contribution in [2.75, 3.05) is 20.3 Å². The fourth-order valence-corrected chi connectivity index (χ4v) is 2.92. The van der Waals surface area contributed by atoms with Gasteiger partial charge in [-0.15, -0.1) is 0 Å². The lowest BCUT2D eigenvalue weighted by atomic mass is 10.1. The molecule has 2 aromatic rings. The normalized spacial score (nSPS) is 10.6. The number of hydrogen-bond donors (Lipinski definition) is 0. The van der Waals surface area contributed by atoms with Crippen LogP contribution in [0.1, 0.15) is 60.9 Å². The molecule has 2 aromatic carbocycles. The molecule has 0 saturated carbocycles. The Labute approximate surface area is 168 Å². The molecule has 0 aliphatic heterocycles. The summed E-state index contributed by atoms with van der Waals surface area (Å²) in [6, 6.07) is 17.1. The average molecular weight is 385 g/mol. The lowest BCUT2D eigenvalue weighted by Gasteiger charge is -2.06. The van der Waals surface area contributed by atoms with Crippen molar-refractivity contribution in [2.45, 2.75) is 51.6 Å². The first-order chi connectivity index (χ1) is 13.8. The van der Waals surface area contributed by atoms with E-state index in [4.69, 9.17) is 14.2 Å². The Morgan fingerprint density at radius 3 is 2.00 bits per heavy atom. The average Bonchev–Trinajstić information content (AvgIpc) is 2.75. The molecule has 0 amide bonds. The van der Waals surface area contributed by atoms with E-state index in [1.165, 1.54) is 31.2 Å². The number of carbonyl (C=O) groups is 1. The summed E-state index contributed by atoms with van der Waals surface area (Å²) in [6.07, 6.45) is 7.99. The molecule has 0 fully saturated rings. The predicted molar refractivity (Wildman–Crippen MR) is 112 cm³/mol. The number of methoxy groups -OCH3 is 1. The highest BCUT2D eigenvalue weighted by Crippen LogP contribution is 2.12. The lowest BCUT2D eigenvalue weighted by molar-refractivity contribution is 0.0497. The van der Waals surface area contributed by atoms with Gasteiger partial charge in [0, 0.05) is 6.61 Å². The molecule has 0 aliphatic carbocycles. The summed E-state index contributed by atoms with van der Waals surface area (Å²) < 4.78 is 16.2. The molecule has 0 unspecified atom stereocenters. The fourth-order valence-electron chi connectivity index (χ4n) is 2.92. The molecule has 0 aliphatic rings. The number of esters is 1. The molecule has 0 saturated heterocycles. The first kappa shape index (κ1) is 22.0. The molecule has 4 heteroatoms. The van der Waals surface area contributed by atoms with Crippen LogP contribution >= 0.6 is 0 Å². The van der Waals surface area contributed by atoms with Gasteiger partial charge in [0.05, 0.1) is 25.9 Å². The van der Waals surface area contributed by atoms with E-state index in [9.17, 15) is 4.79 Å². The quantitative estimate of drug-likeness (QED) is 0.305.